The van der Waals surface area contributed by atoms with E-state index in [1.54, 1.807) is 24.3 Å². The Balaban J connectivity index is 2.74. The fourth-order valence-electron chi connectivity index (χ4n) is 2.23. The Kier molecular flexibility index (Phi) is 8.64. The van der Waals surface area contributed by atoms with Crippen LogP contribution in [0.4, 0.5) is 0 Å². The summed E-state index contributed by atoms with van der Waals surface area (Å²) in [6.07, 6.45) is 0.630. The van der Waals surface area contributed by atoms with Crippen molar-refractivity contribution in [2.24, 2.45) is 0 Å². The number of aliphatic hydroxyl groups is 1. The molecule has 1 atom stereocenters. The number of nitrogens with zero attached hydrogens (tertiary/aromatic N) is 1. The Morgan fingerprint density at radius 2 is 1.88 bits per heavy atom. The molecule has 7 nitrogen and oxygen atoms in total. The Hall–Kier alpha value is -2.28. The van der Waals surface area contributed by atoms with Crippen LogP contribution >= 0.6 is 0 Å². The minimum atomic E-state index is -0.411. The van der Waals surface area contributed by atoms with Gasteiger partial charge in [0.1, 0.15) is 0 Å². The van der Waals surface area contributed by atoms with E-state index < -0.39 is 5.97 Å². The zero-order valence-electron chi connectivity index (χ0n) is 14.4. The van der Waals surface area contributed by atoms with Crippen LogP contribution in [0, 0.1) is 0 Å². The molecule has 0 saturated heterocycles. The van der Waals surface area contributed by atoms with Gasteiger partial charge in [-0.1, -0.05) is 19.1 Å². The summed E-state index contributed by atoms with van der Waals surface area (Å²) in [7, 11) is 2.81. The Morgan fingerprint density at radius 3 is 2.42 bits per heavy atom. The van der Waals surface area contributed by atoms with Crippen molar-refractivity contribution in [1.29, 1.82) is 0 Å². The van der Waals surface area contributed by atoms with Crippen molar-refractivity contribution in [2.45, 2.75) is 25.8 Å². The van der Waals surface area contributed by atoms with Crippen LogP contribution in [0.25, 0.3) is 0 Å². The predicted octanol–water partition coefficient (Wildman–Crippen LogP) is 1.24. The van der Waals surface area contributed by atoms with Gasteiger partial charge < -0.3 is 24.2 Å². The number of esters is 1. The number of ether oxygens (including phenoxy) is 3. The summed E-state index contributed by atoms with van der Waals surface area (Å²) in [4.78, 5) is 25.3. The molecule has 24 heavy (non-hydrogen) atoms. The van der Waals surface area contributed by atoms with Crippen LogP contribution in [-0.2, 0) is 14.3 Å². The van der Waals surface area contributed by atoms with Gasteiger partial charge in [0, 0.05) is 6.54 Å². The van der Waals surface area contributed by atoms with E-state index in [0.29, 0.717) is 17.9 Å². The van der Waals surface area contributed by atoms with E-state index in [4.69, 9.17) is 9.47 Å². The maximum atomic E-state index is 12.5. The van der Waals surface area contributed by atoms with Gasteiger partial charge in [0.2, 0.25) is 0 Å². The minimum Gasteiger partial charge on any atom is -0.493 e. The van der Waals surface area contributed by atoms with Crippen LogP contribution in [-0.4, -0.2) is 61.9 Å². The highest BCUT2D eigenvalue weighted by Crippen LogP contribution is 2.25. The van der Waals surface area contributed by atoms with Crippen molar-refractivity contribution in [3.05, 3.63) is 24.3 Å². The van der Waals surface area contributed by atoms with Crippen molar-refractivity contribution in [3.8, 4) is 11.5 Å². The quantitative estimate of drug-likeness (QED) is 0.646. The maximum Gasteiger partial charge on any atom is 0.307 e. The molecule has 1 unspecified atom stereocenters. The molecule has 134 valence electrons. The van der Waals surface area contributed by atoms with Crippen LogP contribution in [0.2, 0.25) is 0 Å². The Morgan fingerprint density at radius 1 is 1.21 bits per heavy atom. The van der Waals surface area contributed by atoms with E-state index in [1.807, 2.05) is 6.92 Å². The molecule has 0 bridgehead atoms. The van der Waals surface area contributed by atoms with Crippen molar-refractivity contribution >= 4 is 11.9 Å². The highest BCUT2D eigenvalue weighted by atomic mass is 16.5. The van der Waals surface area contributed by atoms with Crippen molar-refractivity contribution in [3.63, 3.8) is 0 Å². The number of amides is 1. The van der Waals surface area contributed by atoms with Gasteiger partial charge in [0.05, 0.1) is 33.3 Å². The summed E-state index contributed by atoms with van der Waals surface area (Å²) < 4.78 is 15.3. The van der Waals surface area contributed by atoms with E-state index in [2.05, 4.69) is 4.74 Å². The molecule has 1 aromatic rings. The fraction of sp³-hybridized carbons (Fsp3) is 0.529. The van der Waals surface area contributed by atoms with Crippen LogP contribution < -0.4 is 9.47 Å². The zero-order chi connectivity index (χ0) is 17.9. The molecule has 0 spiro atoms. The van der Waals surface area contributed by atoms with Crippen molar-refractivity contribution < 1.29 is 28.9 Å². The number of carbonyl (C=O) groups excluding carboxylic acids is 2. The summed E-state index contributed by atoms with van der Waals surface area (Å²) in [5, 5.41) is 9.46. The molecule has 0 heterocycles. The Bertz CT molecular complexity index is 530. The lowest BCUT2D eigenvalue weighted by atomic mass is 10.2. The topological polar surface area (TPSA) is 85.3 Å². The number of rotatable bonds is 10. The second-order valence-corrected chi connectivity index (χ2v) is 5.10. The normalized spacial score (nSPS) is 11.5. The molecule has 0 aliphatic rings. The van der Waals surface area contributed by atoms with Crippen LogP contribution in [0.3, 0.4) is 0 Å². The Labute approximate surface area is 142 Å². The summed E-state index contributed by atoms with van der Waals surface area (Å²) in [5.74, 6) is 0.260. The fourth-order valence-corrected chi connectivity index (χ4v) is 2.23. The summed E-state index contributed by atoms with van der Waals surface area (Å²) in [6, 6.07) is 6.64. The number of benzene rings is 1. The molecular weight excluding hydrogens is 314 g/mol. The van der Waals surface area contributed by atoms with Gasteiger partial charge in [-0.05, 0) is 18.6 Å². The van der Waals surface area contributed by atoms with Gasteiger partial charge in [-0.2, -0.15) is 0 Å². The first kappa shape index (κ1) is 19.8. The lowest BCUT2D eigenvalue weighted by molar-refractivity contribution is -0.143. The number of methoxy groups -OCH3 is 2. The number of hydrogen-bond acceptors (Lipinski definition) is 6. The third-order valence-corrected chi connectivity index (χ3v) is 3.65. The van der Waals surface area contributed by atoms with E-state index in [9.17, 15) is 14.7 Å². The number of para-hydroxylation sites is 2. The van der Waals surface area contributed by atoms with Crippen LogP contribution in [0.1, 0.15) is 19.8 Å². The number of carbonyl (C=O) groups is 2. The summed E-state index contributed by atoms with van der Waals surface area (Å²) in [5.41, 5.74) is 0. The van der Waals surface area contributed by atoms with Gasteiger partial charge >= 0.3 is 5.97 Å². The molecule has 0 saturated carbocycles. The summed E-state index contributed by atoms with van der Waals surface area (Å²) in [6.45, 7) is 1.64. The van der Waals surface area contributed by atoms with Gasteiger partial charge in [-0.3, -0.25) is 9.59 Å². The molecule has 7 heteroatoms. The van der Waals surface area contributed by atoms with Crippen molar-refractivity contribution in [1.82, 2.24) is 4.90 Å². The molecule has 0 aliphatic heterocycles. The highest BCUT2D eigenvalue weighted by molar-refractivity contribution is 5.79. The van der Waals surface area contributed by atoms with Crippen molar-refractivity contribution in [2.75, 3.05) is 34.0 Å². The number of hydrogen-bond donors (Lipinski definition) is 1. The first-order chi connectivity index (χ1) is 11.6. The molecule has 0 aromatic heterocycles. The summed E-state index contributed by atoms with van der Waals surface area (Å²) >= 11 is 0. The number of aliphatic hydroxyl groups excluding tert-OH is 1. The van der Waals surface area contributed by atoms with Crippen LogP contribution in [0.5, 0.6) is 11.5 Å². The van der Waals surface area contributed by atoms with Crippen LogP contribution in [0.15, 0.2) is 24.3 Å². The second-order valence-electron chi connectivity index (χ2n) is 5.10. The molecule has 1 amide bonds. The maximum absolute atomic E-state index is 12.5. The zero-order valence-corrected chi connectivity index (χ0v) is 14.4. The van der Waals surface area contributed by atoms with E-state index >= 15 is 0 Å². The smallest absolute Gasteiger partial charge is 0.307 e. The first-order valence-corrected chi connectivity index (χ1v) is 7.80. The predicted molar refractivity (Wildman–Crippen MR) is 88.0 cm³/mol. The largest absolute Gasteiger partial charge is 0.493 e. The standard InChI is InChI=1S/C17H25NO6/c1-4-13(11-19)18(10-9-17(21)23-3)16(20)12-24-15-8-6-5-7-14(15)22-2/h5-8,13,19H,4,9-12H2,1-3H3. The van der Waals surface area contributed by atoms with E-state index in [-0.39, 0.29) is 38.1 Å². The molecule has 0 radical (unpaired) electrons. The molecule has 1 rings (SSSR count). The monoisotopic (exact) mass is 339 g/mol. The first-order valence-electron chi connectivity index (χ1n) is 7.80. The van der Waals surface area contributed by atoms with E-state index in [0.717, 1.165) is 0 Å². The SMILES string of the molecule is CCC(CO)N(CCC(=O)OC)C(=O)COc1ccccc1OC. The molecule has 0 aliphatic carbocycles. The molecule has 1 N–H and O–H groups in total. The lowest BCUT2D eigenvalue weighted by Gasteiger charge is -2.29. The molecule has 1 aromatic carbocycles. The molecular formula is C17H25NO6. The highest BCUT2D eigenvalue weighted by Gasteiger charge is 2.23. The van der Waals surface area contributed by atoms with Gasteiger partial charge in [0.25, 0.3) is 5.91 Å². The van der Waals surface area contributed by atoms with Gasteiger partial charge in [-0.15, -0.1) is 0 Å². The van der Waals surface area contributed by atoms with Gasteiger partial charge in [0.15, 0.2) is 18.1 Å². The average Bonchev–Trinajstić information content (AvgIpc) is 2.62. The third-order valence-electron chi connectivity index (χ3n) is 3.65. The van der Waals surface area contributed by atoms with E-state index in [1.165, 1.54) is 19.1 Å². The second kappa shape index (κ2) is 10.5. The third kappa shape index (κ3) is 5.73. The minimum absolute atomic E-state index is 0.0629. The average molecular weight is 339 g/mol. The van der Waals surface area contributed by atoms with Gasteiger partial charge in [-0.25, -0.2) is 0 Å². The molecule has 0 fully saturated rings. The lowest BCUT2D eigenvalue weighted by Crippen LogP contribution is -2.45.